The lowest BCUT2D eigenvalue weighted by Gasteiger charge is -2.06. The Kier molecular flexibility index (Phi) is 6.98. The highest BCUT2D eigenvalue weighted by molar-refractivity contribution is 5.77. The first-order chi connectivity index (χ1) is 6.29. The van der Waals surface area contributed by atoms with Gasteiger partial charge in [0.25, 0.3) is 0 Å². The molecule has 0 aromatic carbocycles. The fourth-order valence-corrected chi connectivity index (χ4v) is 1.18. The van der Waals surface area contributed by atoms with Gasteiger partial charge in [-0.15, -0.1) is 0 Å². The maximum absolute atomic E-state index is 7.22. The highest BCUT2D eigenvalue weighted by atomic mass is 16.5. The fraction of sp³-hybridized carbons (Fsp3) is 0.545. The molecule has 0 bridgehead atoms. The summed E-state index contributed by atoms with van der Waals surface area (Å²) in [5, 5.41) is 7.22. The molecule has 0 aromatic rings. The van der Waals surface area contributed by atoms with Crippen molar-refractivity contribution in [2.45, 2.75) is 32.6 Å². The predicted molar refractivity (Wildman–Crippen MR) is 57.2 cm³/mol. The summed E-state index contributed by atoms with van der Waals surface area (Å²) < 4.78 is 5.09. The van der Waals surface area contributed by atoms with E-state index >= 15 is 0 Å². The lowest BCUT2D eigenvalue weighted by molar-refractivity contribution is 0.303. The van der Waals surface area contributed by atoms with Crippen LogP contribution in [0, 0.1) is 5.41 Å². The molecule has 0 unspecified atom stereocenters. The van der Waals surface area contributed by atoms with E-state index in [1.165, 1.54) is 19.1 Å². The molecule has 74 valence electrons. The molecule has 0 aliphatic rings. The number of methoxy groups -OCH3 is 1. The van der Waals surface area contributed by atoms with Crippen LogP contribution in [0.2, 0.25) is 0 Å². The number of unbranched alkanes of at least 4 members (excludes halogenated alkanes) is 2. The minimum atomic E-state index is 0.728. The number of hydrogen-bond acceptors (Lipinski definition) is 2. The summed E-state index contributed by atoms with van der Waals surface area (Å²) in [7, 11) is 1.61. The quantitative estimate of drug-likeness (QED) is 0.278. The maximum atomic E-state index is 7.22. The molecule has 0 aliphatic heterocycles. The molecule has 1 N–H and O–H groups in total. The molecule has 0 aliphatic carbocycles. The Bertz CT molecular complexity index is 194. The molecule has 0 spiro atoms. The molecule has 0 saturated carbocycles. The van der Waals surface area contributed by atoms with Gasteiger partial charge in [-0.05, 0) is 18.9 Å². The van der Waals surface area contributed by atoms with Crippen molar-refractivity contribution < 1.29 is 4.74 Å². The van der Waals surface area contributed by atoms with Gasteiger partial charge in [0.1, 0.15) is 5.76 Å². The summed E-state index contributed by atoms with van der Waals surface area (Å²) in [6, 6.07) is 0. The third-order valence-corrected chi connectivity index (χ3v) is 1.95. The molecular weight excluding hydrogens is 162 g/mol. The predicted octanol–water partition coefficient (Wildman–Crippen LogP) is 3.30. The Morgan fingerprint density at radius 2 is 2.15 bits per heavy atom. The van der Waals surface area contributed by atoms with Crippen LogP contribution in [0.4, 0.5) is 0 Å². The first kappa shape index (κ1) is 11.9. The number of rotatable bonds is 7. The first-order valence-electron chi connectivity index (χ1n) is 4.70. The molecule has 2 nitrogen and oxygen atoms in total. The summed E-state index contributed by atoms with van der Waals surface area (Å²) in [5.74, 6) is 0.728. The van der Waals surface area contributed by atoms with Crippen LogP contribution in [0.5, 0.6) is 0 Å². The summed E-state index contributed by atoms with van der Waals surface area (Å²) in [4.78, 5) is 0. The first-order valence-corrected chi connectivity index (χ1v) is 4.70. The van der Waals surface area contributed by atoms with Crippen LogP contribution < -0.4 is 0 Å². The fourth-order valence-electron chi connectivity index (χ4n) is 1.18. The highest BCUT2D eigenvalue weighted by Gasteiger charge is 2.00. The summed E-state index contributed by atoms with van der Waals surface area (Å²) >= 11 is 0. The van der Waals surface area contributed by atoms with E-state index in [9.17, 15) is 0 Å². The lowest BCUT2D eigenvalue weighted by Crippen LogP contribution is -1.93. The Morgan fingerprint density at radius 3 is 2.54 bits per heavy atom. The second-order valence-corrected chi connectivity index (χ2v) is 2.90. The van der Waals surface area contributed by atoms with E-state index in [0.29, 0.717) is 0 Å². The average molecular weight is 181 g/mol. The van der Waals surface area contributed by atoms with Gasteiger partial charge in [0.05, 0.1) is 7.11 Å². The summed E-state index contributed by atoms with van der Waals surface area (Å²) in [5.41, 5.74) is 0.936. The minimum absolute atomic E-state index is 0.728. The molecular formula is C11H19NO. The van der Waals surface area contributed by atoms with Crippen LogP contribution in [0.3, 0.4) is 0 Å². The van der Waals surface area contributed by atoms with Gasteiger partial charge in [0, 0.05) is 11.8 Å². The zero-order valence-electron chi connectivity index (χ0n) is 8.60. The Labute approximate surface area is 80.8 Å². The molecule has 0 aromatic heterocycles. The lowest BCUT2D eigenvalue weighted by atomic mass is 10.1. The Balaban J connectivity index is 4.20. The van der Waals surface area contributed by atoms with E-state index in [2.05, 4.69) is 13.5 Å². The van der Waals surface area contributed by atoms with Crippen molar-refractivity contribution in [3.8, 4) is 0 Å². The van der Waals surface area contributed by atoms with Crippen LogP contribution in [-0.4, -0.2) is 13.3 Å². The smallest absolute Gasteiger partial charge is 0.122 e. The molecule has 0 amide bonds. The number of ether oxygens (including phenoxy) is 1. The van der Waals surface area contributed by atoms with E-state index in [-0.39, 0.29) is 0 Å². The van der Waals surface area contributed by atoms with E-state index in [0.717, 1.165) is 24.2 Å². The van der Waals surface area contributed by atoms with Gasteiger partial charge in [-0.3, -0.25) is 0 Å². The number of hydrogen-bond donors (Lipinski definition) is 1. The maximum Gasteiger partial charge on any atom is 0.122 e. The van der Waals surface area contributed by atoms with Crippen molar-refractivity contribution in [3.05, 3.63) is 24.0 Å². The van der Waals surface area contributed by atoms with Gasteiger partial charge < -0.3 is 10.1 Å². The summed E-state index contributed by atoms with van der Waals surface area (Å²) in [6.07, 6.45) is 7.43. The van der Waals surface area contributed by atoms with Gasteiger partial charge in [0.2, 0.25) is 0 Å². The normalized spacial score (nSPS) is 11.8. The topological polar surface area (TPSA) is 33.1 Å². The number of allylic oxidation sites excluding steroid dienone is 2. The summed E-state index contributed by atoms with van der Waals surface area (Å²) in [6.45, 7) is 5.81. The molecule has 0 atom stereocenters. The molecule has 13 heavy (non-hydrogen) atoms. The van der Waals surface area contributed by atoms with Crippen molar-refractivity contribution in [2.75, 3.05) is 7.11 Å². The van der Waals surface area contributed by atoms with E-state index in [1.807, 2.05) is 0 Å². The molecule has 0 saturated heterocycles. The van der Waals surface area contributed by atoms with Crippen molar-refractivity contribution in [3.63, 3.8) is 0 Å². The Hall–Kier alpha value is -1.05. The van der Waals surface area contributed by atoms with E-state index < -0.39 is 0 Å². The van der Waals surface area contributed by atoms with Crippen LogP contribution in [-0.2, 0) is 4.74 Å². The molecule has 0 rings (SSSR count). The van der Waals surface area contributed by atoms with E-state index in [1.54, 1.807) is 13.2 Å². The minimum Gasteiger partial charge on any atom is -0.496 e. The van der Waals surface area contributed by atoms with Crippen molar-refractivity contribution in [2.24, 2.45) is 0 Å². The highest BCUT2D eigenvalue weighted by Crippen LogP contribution is 2.12. The largest absolute Gasteiger partial charge is 0.496 e. The van der Waals surface area contributed by atoms with Gasteiger partial charge in [-0.1, -0.05) is 26.3 Å². The van der Waals surface area contributed by atoms with Crippen LogP contribution in [0.25, 0.3) is 0 Å². The van der Waals surface area contributed by atoms with Crippen LogP contribution in [0.15, 0.2) is 24.0 Å². The van der Waals surface area contributed by atoms with E-state index in [4.69, 9.17) is 10.1 Å². The second kappa shape index (κ2) is 7.59. The second-order valence-electron chi connectivity index (χ2n) is 2.90. The van der Waals surface area contributed by atoms with Crippen molar-refractivity contribution in [1.29, 1.82) is 5.41 Å². The molecule has 2 heteroatoms. The molecule has 0 fully saturated rings. The SMILES string of the molecule is C=C/C(OC)=C(\C=N)CCCCC. The van der Waals surface area contributed by atoms with Gasteiger partial charge in [-0.25, -0.2) is 0 Å². The van der Waals surface area contributed by atoms with Crippen LogP contribution in [0.1, 0.15) is 32.6 Å². The van der Waals surface area contributed by atoms with Gasteiger partial charge in [0.15, 0.2) is 0 Å². The van der Waals surface area contributed by atoms with Crippen LogP contribution >= 0.6 is 0 Å². The zero-order valence-corrected chi connectivity index (χ0v) is 8.60. The van der Waals surface area contributed by atoms with Crippen molar-refractivity contribution >= 4 is 6.21 Å². The third-order valence-electron chi connectivity index (χ3n) is 1.95. The third kappa shape index (κ3) is 4.51. The van der Waals surface area contributed by atoms with Crippen molar-refractivity contribution in [1.82, 2.24) is 0 Å². The molecule has 0 radical (unpaired) electrons. The Morgan fingerprint density at radius 1 is 1.46 bits per heavy atom. The monoisotopic (exact) mass is 181 g/mol. The molecule has 0 heterocycles. The van der Waals surface area contributed by atoms with Gasteiger partial charge >= 0.3 is 0 Å². The number of nitrogens with one attached hydrogen (secondary N) is 1. The standard InChI is InChI=1S/C11H19NO/c1-4-6-7-8-10(9-12)11(5-2)13-3/h5,9,12H,2,4,6-8H2,1,3H3/b11-10+,12-9?. The zero-order chi connectivity index (χ0) is 10.1. The average Bonchev–Trinajstić information content (AvgIpc) is 2.17. The van der Waals surface area contributed by atoms with Gasteiger partial charge in [-0.2, -0.15) is 0 Å².